The summed E-state index contributed by atoms with van der Waals surface area (Å²) in [7, 11) is 0. The summed E-state index contributed by atoms with van der Waals surface area (Å²) in [5, 5.41) is 11.9. The van der Waals surface area contributed by atoms with Crippen molar-refractivity contribution >= 4 is 5.69 Å². The second kappa shape index (κ2) is 3.82. The maximum absolute atomic E-state index is 11.9. The molecule has 120 valence electrons. The maximum Gasteiger partial charge on any atom is 0.194 e. The molecule has 3 saturated heterocycles. The van der Waals surface area contributed by atoms with Crippen molar-refractivity contribution in [3.63, 3.8) is 0 Å². The van der Waals surface area contributed by atoms with Gasteiger partial charge in [0.25, 0.3) is 0 Å². The van der Waals surface area contributed by atoms with Crippen LogP contribution in [0.15, 0.2) is 36.5 Å². The summed E-state index contributed by atoms with van der Waals surface area (Å²) in [5.74, 6) is 0. The van der Waals surface area contributed by atoms with Crippen molar-refractivity contribution in [3.8, 4) is 0 Å². The number of fused-ring (bicyclic) bond motifs is 3. The molecule has 0 radical (unpaired) electrons. The molecule has 0 aromatic heterocycles. The number of rotatable bonds is 0. The molecular formula is C19H22N2O2. The van der Waals surface area contributed by atoms with Gasteiger partial charge in [-0.3, -0.25) is 4.90 Å². The van der Waals surface area contributed by atoms with E-state index < -0.39 is 11.3 Å². The second-order valence-electron chi connectivity index (χ2n) is 7.88. The van der Waals surface area contributed by atoms with E-state index in [-0.39, 0.29) is 11.5 Å². The Morgan fingerprint density at radius 1 is 1.13 bits per heavy atom. The molecule has 3 fully saturated rings. The van der Waals surface area contributed by atoms with Crippen LogP contribution in [0.25, 0.3) is 0 Å². The monoisotopic (exact) mass is 310 g/mol. The first kappa shape index (κ1) is 13.0. The fourth-order valence-electron chi connectivity index (χ4n) is 6.30. The molecule has 0 saturated carbocycles. The molecule has 0 aliphatic carbocycles. The topological polar surface area (TPSA) is 35.9 Å². The Balaban J connectivity index is 1.69. The van der Waals surface area contributed by atoms with Crippen LogP contribution in [0.4, 0.5) is 5.69 Å². The number of benzene rings is 1. The van der Waals surface area contributed by atoms with Crippen molar-refractivity contribution in [1.82, 2.24) is 4.90 Å². The molecule has 5 aliphatic rings. The Bertz CT molecular complexity index is 730. The standard InChI is InChI=1S/C19H22N2O2/c22-18-8-11-20-10-3-6-17-7-12-21(15-5-2-1-4-14(15)18)19(18,16(17)20)23-13-9-17/h1-2,4-5,7,12,16,22H,3,6,8-11,13H2. The van der Waals surface area contributed by atoms with Gasteiger partial charge >= 0.3 is 0 Å². The van der Waals surface area contributed by atoms with Gasteiger partial charge in [0.05, 0.1) is 12.6 Å². The summed E-state index contributed by atoms with van der Waals surface area (Å²) in [5.41, 5.74) is 0.798. The highest BCUT2D eigenvalue weighted by Crippen LogP contribution is 2.66. The van der Waals surface area contributed by atoms with Crippen molar-refractivity contribution < 1.29 is 9.84 Å². The number of piperidine rings is 2. The predicted octanol–water partition coefficient (Wildman–Crippen LogP) is 2.19. The first-order valence-electron chi connectivity index (χ1n) is 8.90. The largest absolute Gasteiger partial charge is 0.380 e. The van der Waals surface area contributed by atoms with Crippen LogP contribution in [-0.4, -0.2) is 41.5 Å². The number of nitrogens with zero attached hydrogens (tertiary/aromatic N) is 2. The number of anilines is 1. The van der Waals surface area contributed by atoms with Crippen LogP contribution in [0.2, 0.25) is 0 Å². The predicted molar refractivity (Wildman–Crippen MR) is 86.9 cm³/mol. The van der Waals surface area contributed by atoms with Crippen LogP contribution in [0.3, 0.4) is 0 Å². The lowest BCUT2D eigenvalue weighted by Gasteiger charge is -2.68. The lowest BCUT2D eigenvalue weighted by molar-refractivity contribution is -0.288. The van der Waals surface area contributed by atoms with Gasteiger partial charge in [0.1, 0.15) is 5.60 Å². The number of aliphatic hydroxyl groups is 1. The van der Waals surface area contributed by atoms with Crippen molar-refractivity contribution in [1.29, 1.82) is 0 Å². The van der Waals surface area contributed by atoms with Crippen molar-refractivity contribution in [2.45, 2.75) is 43.1 Å². The second-order valence-corrected chi connectivity index (χ2v) is 7.88. The first-order chi connectivity index (χ1) is 11.2. The van der Waals surface area contributed by atoms with Gasteiger partial charge in [0.15, 0.2) is 5.72 Å². The Labute approximate surface area is 136 Å². The fraction of sp³-hybridized carbons (Fsp3) is 0.579. The molecule has 1 aromatic rings. The van der Waals surface area contributed by atoms with Crippen LogP contribution in [0, 0.1) is 5.41 Å². The van der Waals surface area contributed by atoms with Gasteiger partial charge in [0.2, 0.25) is 0 Å². The van der Waals surface area contributed by atoms with Gasteiger partial charge in [-0.15, -0.1) is 0 Å². The molecule has 2 bridgehead atoms. The van der Waals surface area contributed by atoms with Gasteiger partial charge in [-0.2, -0.15) is 0 Å². The zero-order valence-electron chi connectivity index (χ0n) is 13.2. The number of hydrogen-bond donors (Lipinski definition) is 1. The normalized spacial score (nSPS) is 46.5. The minimum absolute atomic E-state index is 0.170. The molecular weight excluding hydrogens is 288 g/mol. The minimum atomic E-state index is -0.904. The van der Waals surface area contributed by atoms with Crippen LogP contribution >= 0.6 is 0 Å². The fourth-order valence-corrected chi connectivity index (χ4v) is 6.30. The lowest BCUT2D eigenvalue weighted by atomic mass is 9.58. The average Bonchev–Trinajstić information content (AvgIpc) is 2.79. The summed E-state index contributed by atoms with van der Waals surface area (Å²) in [6, 6.07) is 8.58. The van der Waals surface area contributed by atoms with E-state index in [1.165, 1.54) is 12.8 Å². The van der Waals surface area contributed by atoms with Gasteiger partial charge in [-0.25, -0.2) is 0 Å². The highest BCUT2D eigenvalue weighted by atomic mass is 16.5. The molecule has 4 nitrogen and oxygen atoms in total. The van der Waals surface area contributed by atoms with Crippen LogP contribution in [-0.2, 0) is 10.3 Å². The molecule has 23 heavy (non-hydrogen) atoms. The average molecular weight is 310 g/mol. The van der Waals surface area contributed by atoms with E-state index >= 15 is 0 Å². The first-order valence-corrected chi connectivity index (χ1v) is 8.90. The summed E-state index contributed by atoms with van der Waals surface area (Å²) >= 11 is 0. The van der Waals surface area contributed by atoms with Crippen LogP contribution in [0.1, 0.15) is 31.2 Å². The molecule has 6 rings (SSSR count). The quantitative estimate of drug-likeness (QED) is 0.797. The Hall–Kier alpha value is -1.36. The van der Waals surface area contributed by atoms with E-state index in [0.717, 1.165) is 43.8 Å². The van der Waals surface area contributed by atoms with E-state index in [9.17, 15) is 5.11 Å². The molecule has 4 unspecified atom stereocenters. The number of ether oxygens (including phenoxy) is 1. The third kappa shape index (κ3) is 1.19. The van der Waals surface area contributed by atoms with Crippen molar-refractivity contribution in [2.24, 2.45) is 5.41 Å². The molecule has 0 amide bonds. The number of hydrogen-bond acceptors (Lipinski definition) is 4. The van der Waals surface area contributed by atoms with Crippen molar-refractivity contribution in [3.05, 3.63) is 42.1 Å². The van der Waals surface area contributed by atoms with Gasteiger partial charge in [0, 0.05) is 29.4 Å². The lowest BCUT2D eigenvalue weighted by Crippen LogP contribution is -2.81. The molecule has 4 heteroatoms. The van der Waals surface area contributed by atoms with Gasteiger partial charge < -0.3 is 14.7 Å². The Morgan fingerprint density at radius 3 is 3.00 bits per heavy atom. The summed E-state index contributed by atoms with van der Waals surface area (Å²) < 4.78 is 6.53. The molecule has 1 N–H and O–H groups in total. The molecule has 1 spiro atoms. The summed E-state index contributed by atoms with van der Waals surface area (Å²) in [4.78, 5) is 4.85. The Morgan fingerprint density at radius 2 is 2.04 bits per heavy atom. The highest BCUT2D eigenvalue weighted by Gasteiger charge is 2.75. The third-order valence-electron chi connectivity index (χ3n) is 7.13. The van der Waals surface area contributed by atoms with E-state index in [2.05, 4.69) is 40.3 Å². The molecule has 5 aliphatic heterocycles. The molecule has 4 atom stereocenters. The number of para-hydroxylation sites is 1. The van der Waals surface area contributed by atoms with Crippen LogP contribution in [0.5, 0.6) is 0 Å². The molecule has 1 aromatic carbocycles. The van der Waals surface area contributed by atoms with E-state index in [1.807, 2.05) is 6.07 Å². The maximum atomic E-state index is 11.9. The summed E-state index contributed by atoms with van der Waals surface area (Å²) in [6.45, 7) is 2.83. The van der Waals surface area contributed by atoms with E-state index in [0.29, 0.717) is 0 Å². The van der Waals surface area contributed by atoms with Crippen molar-refractivity contribution in [2.75, 3.05) is 24.6 Å². The van der Waals surface area contributed by atoms with E-state index in [1.54, 1.807) is 0 Å². The summed E-state index contributed by atoms with van der Waals surface area (Å²) in [6.07, 6.45) is 8.94. The third-order valence-corrected chi connectivity index (χ3v) is 7.13. The zero-order chi connectivity index (χ0) is 15.3. The zero-order valence-corrected chi connectivity index (χ0v) is 13.2. The minimum Gasteiger partial charge on any atom is -0.380 e. The highest BCUT2D eigenvalue weighted by molar-refractivity contribution is 5.69. The van der Waals surface area contributed by atoms with Gasteiger partial charge in [-0.1, -0.05) is 24.3 Å². The smallest absolute Gasteiger partial charge is 0.194 e. The Kier molecular flexibility index (Phi) is 2.16. The van der Waals surface area contributed by atoms with Gasteiger partial charge in [-0.05, 0) is 38.3 Å². The SMILES string of the molecule is OC12CCN3CCCC45C=CN(c6ccccc61)C2(OCC4)C35. The van der Waals surface area contributed by atoms with Crippen LogP contribution < -0.4 is 4.90 Å². The van der Waals surface area contributed by atoms with E-state index in [4.69, 9.17) is 4.74 Å². The molecule has 5 heterocycles.